The molecule has 0 aliphatic carbocycles. The second-order valence-electron chi connectivity index (χ2n) is 5.34. The molecule has 2 rings (SSSR count). The fourth-order valence-corrected chi connectivity index (χ4v) is 2.79. The van der Waals surface area contributed by atoms with E-state index >= 15 is 0 Å². The molecule has 1 aliphatic heterocycles. The van der Waals surface area contributed by atoms with Crippen LogP contribution in [0, 0.1) is 13.8 Å². The van der Waals surface area contributed by atoms with E-state index in [4.69, 9.17) is 4.74 Å². The van der Waals surface area contributed by atoms with Gasteiger partial charge in [0.05, 0.1) is 30.6 Å². The first-order valence-corrected chi connectivity index (χ1v) is 6.90. The van der Waals surface area contributed by atoms with E-state index in [2.05, 4.69) is 12.0 Å². The molecule has 1 saturated heterocycles. The Bertz CT molecular complexity index is 414. The lowest BCUT2D eigenvalue weighted by molar-refractivity contribution is 0.0432. The Morgan fingerprint density at radius 1 is 1.44 bits per heavy atom. The minimum atomic E-state index is -0.401. The lowest BCUT2D eigenvalue weighted by Gasteiger charge is -2.13. The van der Waals surface area contributed by atoms with E-state index in [0.29, 0.717) is 6.10 Å². The maximum Gasteiger partial charge on any atom is 0.0823 e. The van der Waals surface area contributed by atoms with Gasteiger partial charge in [-0.2, -0.15) is 5.10 Å². The Morgan fingerprint density at radius 3 is 2.72 bits per heavy atom. The van der Waals surface area contributed by atoms with E-state index in [9.17, 15) is 5.11 Å². The average molecular weight is 252 g/mol. The molecule has 0 spiro atoms. The highest BCUT2D eigenvalue weighted by atomic mass is 16.5. The average Bonchev–Trinajstić information content (AvgIpc) is 2.84. The van der Waals surface area contributed by atoms with Gasteiger partial charge in [-0.3, -0.25) is 4.68 Å². The normalized spacial score (nSPS) is 25.6. The van der Waals surface area contributed by atoms with Crippen LogP contribution in [0.15, 0.2) is 0 Å². The number of hydrogen-bond donors (Lipinski definition) is 1. The molecule has 1 aromatic heterocycles. The molecule has 3 atom stereocenters. The van der Waals surface area contributed by atoms with E-state index < -0.39 is 6.10 Å². The Morgan fingerprint density at radius 2 is 2.17 bits per heavy atom. The molecule has 18 heavy (non-hydrogen) atoms. The Kier molecular flexibility index (Phi) is 4.07. The van der Waals surface area contributed by atoms with Gasteiger partial charge >= 0.3 is 0 Å². The molecule has 0 amide bonds. The Hall–Kier alpha value is -0.870. The highest BCUT2D eigenvalue weighted by Gasteiger charge is 2.24. The van der Waals surface area contributed by atoms with E-state index in [1.165, 1.54) is 0 Å². The molecule has 1 fully saturated rings. The lowest BCUT2D eigenvalue weighted by atomic mass is 10.1. The van der Waals surface area contributed by atoms with Gasteiger partial charge in [0.15, 0.2) is 0 Å². The first kappa shape index (κ1) is 13.6. The summed E-state index contributed by atoms with van der Waals surface area (Å²) in [6.07, 6.45) is 3.20. The summed E-state index contributed by atoms with van der Waals surface area (Å²) in [5.41, 5.74) is 3.00. The van der Waals surface area contributed by atoms with Crippen molar-refractivity contribution in [2.75, 3.05) is 0 Å². The SMILES string of the molecule is CCC(O)c1c(C)nn(CC2CCC(C)O2)c1C. The zero-order valence-electron chi connectivity index (χ0n) is 11.8. The maximum absolute atomic E-state index is 10.0. The molecular weight excluding hydrogens is 228 g/mol. The molecule has 0 bridgehead atoms. The predicted molar refractivity (Wildman–Crippen MR) is 70.5 cm³/mol. The van der Waals surface area contributed by atoms with Crippen LogP contribution >= 0.6 is 0 Å². The number of ether oxygens (including phenoxy) is 1. The third-order valence-corrected chi connectivity index (χ3v) is 3.85. The first-order valence-electron chi connectivity index (χ1n) is 6.90. The molecule has 0 aromatic carbocycles. The van der Waals surface area contributed by atoms with Gasteiger partial charge in [0.2, 0.25) is 0 Å². The fraction of sp³-hybridized carbons (Fsp3) is 0.786. The first-order chi connectivity index (χ1) is 8.52. The molecule has 2 heterocycles. The van der Waals surface area contributed by atoms with Crippen molar-refractivity contribution in [3.05, 3.63) is 17.0 Å². The van der Waals surface area contributed by atoms with Crippen LogP contribution in [-0.4, -0.2) is 27.1 Å². The van der Waals surface area contributed by atoms with Crippen molar-refractivity contribution in [2.45, 2.75) is 71.8 Å². The van der Waals surface area contributed by atoms with Crippen molar-refractivity contribution in [3.8, 4) is 0 Å². The van der Waals surface area contributed by atoms with Crippen molar-refractivity contribution in [2.24, 2.45) is 0 Å². The van der Waals surface area contributed by atoms with Gasteiger partial charge in [0, 0.05) is 11.3 Å². The molecule has 0 saturated carbocycles. The van der Waals surface area contributed by atoms with Gasteiger partial charge in [-0.05, 0) is 40.0 Å². The molecule has 4 heteroatoms. The number of aryl methyl sites for hydroxylation is 1. The molecule has 0 radical (unpaired) electrons. The van der Waals surface area contributed by atoms with Gasteiger partial charge < -0.3 is 9.84 Å². The molecule has 1 N–H and O–H groups in total. The monoisotopic (exact) mass is 252 g/mol. The Balaban J connectivity index is 2.14. The van der Waals surface area contributed by atoms with Crippen LogP contribution < -0.4 is 0 Å². The van der Waals surface area contributed by atoms with Crippen LogP contribution in [0.4, 0.5) is 0 Å². The zero-order valence-corrected chi connectivity index (χ0v) is 11.8. The van der Waals surface area contributed by atoms with Crippen LogP contribution in [0.2, 0.25) is 0 Å². The minimum Gasteiger partial charge on any atom is -0.388 e. The number of aliphatic hydroxyl groups is 1. The number of nitrogens with zero attached hydrogens (tertiary/aromatic N) is 2. The van der Waals surface area contributed by atoms with Crippen molar-refractivity contribution < 1.29 is 9.84 Å². The van der Waals surface area contributed by atoms with Crippen LogP contribution in [0.3, 0.4) is 0 Å². The summed E-state index contributed by atoms with van der Waals surface area (Å²) in [6, 6.07) is 0. The van der Waals surface area contributed by atoms with Crippen molar-refractivity contribution in [1.82, 2.24) is 9.78 Å². The largest absolute Gasteiger partial charge is 0.388 e. The maximum atomic E-state index is 10.0. The van der Waals surface area contributed by atoms with Crippen LogP contribution in [-0.2, 0) is 11.3 Å². The third-order valence-electron chi connectivity index (χ3n) is 3.85. The van der Waals surface area contributed by atoms with E-state index in [-0.39, 0.29) is 6.10 Å². The number of hydrogen-bond acceptors (Lipinski definition) is 3. The van der Waals surface area contributed by atoms with E-state index in [0.717, 1.165) is 42.8 Å². The molecule has 102 valence electrons. The quantitative estimate of drug-likeness (QED) is 0.895. The summed E-state index contributed by atoms with van der Waals surface area (Å²) >= 11 is 0. The summed E-state index contributed by atoms with van der Waals surface area (Å²) < 4.78 is 7.83. The molecule has 3 unspecified atom stereocenters. The molecular formula is C14H24N2O2. The molecule has 1 aromatic rings. The predicted octanol–water partition coefficient (Wildman–Crippen LogP) is 2.51. The second kappa shape index (κ2) is 5.41. The van der Waals surface area contributed by atoms with Crippen molar-refractivity contribution in [3.63, 3.8) is 0 Å². The van der Waals surface area contributed by atoms with Gasteiger partial charge in [0.25, 0.3) is 0 Å². The summed E-state index contributed by atoms with van der Waals surface area (Å²) in [7, 11) is 0. The van der Waals surface area contributed by atoms with Gasteiger partial charge in [-0.15, -0.1) is 0 Å². The van der Waals surface area contributed by atoms with Crippen LogP contribution in [0.25, 0.3) is 0 Å². The summed E-state index contributed by atoms with van der Waals surface area (Å²) in [6.45, 7) is 8.91. The van der Waals surface area contributed by atoms with Crippen LogP contribution in [0.1, 0.15) is 56.2 Å². The standard InChI is InChI=1S/C14H24N2O2/c1-5-13(17)14-10(3)15-16(11(14)4)8-12-7-6-9(2)18-12/h9,12-13,17H,5-8H2,1-4H3. The topological polar surface area (TPSA) is 47.3 Å². The minimum absolute atomic E-state index is 0.268. The number of aliphatic hydroxyl groups excluding tert-OH is 1. The van der Waals surface area contributed by atoms with Gasteiger partial charge in [-0.1, -0.05) is 6.92 Å². The Labute approximate surface area is 109 Å². The van der Waals surface area contributed by atoms with Crippen LogP contribution in [0.5, 0.6) is 0 Å². The molecule has 1 aliphatic rings. The van der Waals surface area contributed by atoms with Gasteiger partial charge in [-0.25, -0.2) is 0 Å². The lowest BCUT2D eigenvalue weighted by Crippen LogP contribution is -2.18. The number of aromatic nitrogens is 2. The number of rotatable bonds is 4. The second-order valence-corrected chi connectivity index (χ2v) is 5.34. The fourth-order valence-electron chi connectivity index (χ4n) is 2.79. The van der Waals surface area contributed by atoms with Crippen molar-refractivity contribution >= 4 is 0 Å². The molecule has 4 nitrogen and oxygen atoms in total. The highest BCUT2D eigenvalue weighted by Crippen LogP contribution is 2.26. The van der Waals surface area contributed by atoms with Crippen molar-refractivity contribution in [1.29, 1.82) is 0 Å². The smallest absolute Gasteiger partial charge is 0.0823 e. The third kappa shape index (κ3) is 2.59. The van der Waals surface area contributed by atoms with E-state index in [1.807, 2.05) is 25.5 Å². The zero-order chi connectivity index (χ0) is 13.3. The highest BCUT2D eigenvalue weighted by molar-refractivity contribution is 5.26. The van der Waals surface area contributed by atoms with Gasteiger partial charge in [0.1, 0.15) is 0 Å². The summed E-state index contributed by atoms with van der Waals surface area (Å²) in [5, 5.41) is 14.6. The summed E-state index contributed by atoms with van der Waals surface area (Å²) in [4.78, 5) is 0. The van der Waals surface area contributed by atoms with E-state index in [1.54, 1.807) is 0 Å². The summed E-state index contributed by atoms with van der Waals surface area (Å²) in [5.74, 6) is 0.